The third-order valence-electron chi connectivity index (χ3n) is 5.49. The van der Waals surface area contributed by atoms with E-state index in [0.29, 0.717) is 12.1 Å². The molecule has 4 fully saturated rings. The van der Waals surface area contributed by atoms with Crippen LogP contribution in [0.25, 0.3) is 0 Å². The number of fused-ring (bicyclic) bond motifs is 1. The average molecular weight is 293 g/mol. The van der Waals surface area contributed by atoms with E-state index >= 15 is 0 Å². The molecule has 2 unspecified atom stereocenters. The number of likely N-dealkylation sites (tertiary alicyclic amines) is 1. The molecule has 0 aromatic heterocycles. The zero-order valence-corrected chi connectivity index (χ0v) is 12.9. The lowest BCUT2D eigenvalue weighted by Crippen LogP contribution is -2.54. The Morgan fingerprint density at radius 3 is 2.57 bits per heavy atom. The van der Waals surface area contributed by atoms with E-state index in [-0.39, 0.29) is 6.03 Å². The lowest BCUT2D eigenvalue weighted by molar-refractivity contribution is 0.0512. The Bertz CT molecular complexity index is 393. The first-order valence-electron chi connectivity index (χ1n) is 8.69. The van der Waals surface area contributed by atoms with Crippen LogP contribution in [0.4, 0.5) is 4.79 Å². The smallest absolute Gasteiger partial charge is 0.320 e. The molecule has 0 aromatic rings. The standard InChI is InChI=1S/C16H27N3O2/c20-16(17-5-1-2-6-17)19-8-7-18-11-15(9-14(18)10-19)21-12-13-3-4-13/h13-15H,1-12H2. The Hall–Kier alpha value is -0.810. The molecule has 1 saturated carbocycles. The summed E-state index contributed by atoms with van der Waals surface area (Å²) < 4.78 is 6.06. The number of carbonyl (C=O) groups excluding carboxylic acids is 1. The van der Waals surface area contributed by atoms with Crippen molar-refractivity contribution in [1.29, 1.82) is 0 Å². The molecule has 2 atom stereocenters. The average Bonchev–Trinajstić information content (AvgIpc) is 3.02. The van der Waals surface area contributed by atoms with Gasteiger partial charge in [0.05, 0.1) is 6.10 Å². The molecule has 5 heteroatoms. The van der Waals surface area contributed by atoms with Gasteiger partial charge in [0, 0.05) is 51.9 Å². The molecule has 3 saturated heterocycles. The molecule has 5 nitrogen and oxygen atoms in total. The molecule has 0 radical (unpaired) electrons. The van der Waals surface area contributed by atoms with Crippen molar-refractivity contribution in [2.24, 2.45) is 5.92 Å². The maximum Gasteiger partial charge on any atom is 0.320 e. The van der Waals surface area contributed by atoms with Crippen molar-refractivity contribution in [2.45, 2.75) is 44.2 Å². The minimum atomic E-state index is 0.273. The molecule has 0 aromatic carbocycles. The van der Waals surface area contributed by atoms with Gasteiger partial charge in [-0.05, 0) is 38.0 Å². The summed E-state index contributed by atoms with van der Waals surface area (Å²) >= 11 is 0. The lowest BCUT2D eigenvalue weighted by Gasteiger charge is -2.38. The molecule has 4 rings (SSSR count). The van der Waals surface area contributed by atoms with E-state index in [1.807, 2.05) is 4.90 Å². The van der Waals surface area contributed by atoms with Crippen molar-refractivity contribution in [3.63, 3.8) is 0 Å². The molecule has 1 aliphatic carbocycles. The minimum absolute atomic E-state index is 0.273. The van der Waals surface area contributed by atoms with Gasteiger partial charge >= 0.3 is 6.03 Å². The molecule has 3 aliphatic heterocycles. The largest absolute Gasteiger partial charge is 0.377 e. The van der Waals surface area contributed by atoms with Gasteiger partial charge in [-0.15, -0.1) is 0 Å². The molecule has 4 aliphatic rings. The number of piperazine rings is 1. The zero-order chi connectivity index (χ0) is 14.2. The Morgan fingerprint density at radius 1 is 1.00 bits per heavy atom. The van der Waals surface area contributed by atoms with Crippen LogP contribution in [-0.2, 0) is 4.74 Å². The first-order valence-corrected chi connectivity index (χ1v) is 8.69. The van der Waals surface area contributed by atoms with Gasteiger partial charge in [-0.25, -0.2) is 4.79 Å². The van der Waals surface area contributed by atoms with Crippen LogP contribution < -0.4 is 0 Å². The Balaban J connectivity index is 1.29. The number of hydrogen-bond donors (Lipinski definition) is 0. The number of carbonyl (C=O) groups is 1. The normalized spacial score (nSPS) is 33.5. The van der Waals surface area contributed by atoms with Crippen molar-refractivity contribution < 1.29 is 9.53 Å². The summed E-state index contributed by atoms with van der Waals surface area (Å²) in [5, 5.41) is 0. The summed E-state index contributed by atoms with van der Waals surface area (Å²) in [6.07, 6.45) is 6.57. The Kier molecular flexibility index (Phi) is 3.79. The molecule has 0 bridgehead atoms. The fraction of sp³-hybridized carbons (Fsp3) is 0.938. The third kappa shape index (κ3) is 3.04. The van der Waals surface area contributed by atoms with E-state index in [2.05, 4.69) is 9.80 Å². The molecule has 21 heavy (non-hydrogen) atoms. The van der Waals surface area contributed by atoms with Crippen LogP contribution in [-0.4, -0.2) is 78.8 Å². The lowest BCUT2D eigenvalue weighted by atomic mass is 10.1. The van der Waals surface area contributed by atoms with Crippen molar-refractivity contribution in [2.75, 3.05) is 45.9 Å². The fourth-order valence-corrected chi connectivity index (χ4v) is 3.96. The maximum atomic E-state index is 12.5. The molecule has 0 spiro atoms. The summed E-state index contributed by atoms with van der Waals surface area (Å²) in [7, 11) is 0. The van der Waals surface area contributed by atoms with Gasteiger partial charge in [0.15, 0.2) is 0 Å². The predicted octanol–water partition coefficient (Wildman–Crippen LogP) is 1.39. The predicted molar refractivity (Wildman–Crippen MR) is 80.2 cm³/mol. The maximum absolute atomic E-state index is 12.5. The summed E-state index contributed by atoms with van der Waals surface area (Å²) in [5.74, 6) is 0.843. The first kappa shape index (κ1) is 13.8. The van der Waals surface area contributed by atoms with Gasteiger partial charge < -0.3 is 14.5 Å². The topological polar surface area (TPSA) is 36.0 Å². The monoisotopic (exact) mass is 293 g/mol. The first-order chi connectivity index (χ1) is 10.3. The van der Waals surface area contributed by atoms with Gasteiger partial charge in [-0.1, -0.05) is 0 Å². The van der Waals surface area contributed by atoms with E-state index in [9.17, 15) is 4.79 Å². The summed E-state index contributed by atoms with van der Waals surface area (Å²) in [5.41, 5.74) is 0. The number of amides is 2. The fourth-order valence-electron chi connectivity index (χ4n) is 3.96. The Labute approximate surface area is 127 Å². The summed E-state index contributed by atoms with van der Waals surface area (Å²) in [6, 6.07) is 0.795. The van der Waals surface area contributed by atoms with Gasteiger partial charge in [0.2, 0.25) is 0 Å². The molecule has 118 valence electrons. The number of nitrogens with zero attached hydrogens (tertiary/aromatic N) is 3. The highest BCUT2D eigenvalue weighted by Gasteiger charge is 2.39. The van der Waals surface area contributed by atoms with E-state index < -0.39 is 0 Å². The quantitative estimate of drug-likeness (QED) is 0.789. The van der Waals surface area contributed by atoms with Gasteiger partial charge in [-0.3, -0.25) is 4.90 Å². The SMILES string of the molecule is O=C(N1CCCC1)N1CCN2CC(OCC3CC3)CC2C1. The molecule has 3 heterocycles. The summed E-state index contributed by atoms with van der Waals surface area (Å²) in [4.78, 5) is 19.1. The van der Waals surface area contributed by atoms with E-state index in [1.54, 1.807) is 0 Å². The van der Waals surface area contributed by atoms with Crippen LogP contribution in [0.1, 0.15) is 32.1 Å². The van der Waals surface area contributed by atoms with Gasteiger partial charge in [0.25, 0.3) is 0 Å². The van der Waals surface area contributed by atoms with Crippen LogP contribution in [0.5, 0.6) is 0 Å². The van der Waals surface area contributed by atoms with E-state index in [4.69, 9.17) is 4.74 Å². The van der Waals surface area contributed by atoms with E-state index in [1.165, 1.54) is 25.7 Å². The third-order valence-corrected chi connectivity index (χ3v) is 5.49. The summed E-state index contributed by atoms with van der Waals surface area (Å²) in [6.45, 7) is 6.76. The van der Waals surface area contributed by atoms with Gasteiger partial charge in [-0.2, -0.15) is 0 Å². The van der Waals surface area contributed by atoms with Crippen molar-refractivity contribution in [1.82, 2.24) is 14.7 Å². The number of rotatable bonds is 3. The molecule has 2 amide bonds. The van der Waals surface area contributed by atoms with Crippen LogP contribution >= 0.6 is 0 Å². The van der Waals surface area contributed by atoms with Crippen LogP contribution in [0.3, 0.4) is 0 Å². The number of ether oxygens (including phenoxy) is 1. The van der Waals surface area contributed by atoms with Crippen LogP contribution in [0, 0.1) is 5.92 Å². The minimum Gasteiger partial charge on any atom is -0.377 e. The second kappa shape index (κ2) is 5.76. The van der Waals surface area contributed by atoms with Crippen molar-refractivity contribution >= 4 is 6.03 Å². The highest BCUT2D eigenvalue weighted by atomic mass is 16.5. The highest BCUT2D eigenvalue weighted by molar-refractivity contribution is 5.75. The van der Waals surface area contributed by atoms with E-state index in [0.717, 1.165) is 58.2 Å². The number of urea groups is 1. The number of hydrogen-bond acceptors (Lipinski definition) is 3. The van der Waals surface area contributed by atoms with Gasteiger partial charge in [0.1, 0.15) is 0 Å². The Morgan fingerprint density at radius 2 is 1.81 bits per heavy atom. The zero-order valence-electron chi connectivity index (χ0n) is 12.9. The van der Waals surface area contributed by atoms with Crippen LogP contribution in [0.2, 0.25) is 0 Å². The molecular weight excluding hydrogens is 266 g/mol. The molecular formula is C16H27N3O2. The second-order valence-corrected chi connectivity index (χ2v) is 7.21. The molecule has 0 N–H and O–H groups in total. The highest BCUT2D eigenvalue weighted by Crippen LogP contribution is 2.31. The second-order valence-electron chi connectivity index (χ2n) is 7.21. The van der Waals surface area contributed by atoms with Crippen molar-refractivity contribution in [3.8, 4) is 0 Å². The van der Waals surface area contributed by atoms with Crippen molar-refractivity contribution in [3.05, 3.63) is 0 Å². The van der Waals surface area contributed by atoms with Crippen LogP contribution in [0.15, 0.2) is 0 Å².